The van der Waals surface area contributed by atoms with Gasteiger partial charge in [-0.3, -0.25) is 4.79 Å². The van der Waals surface area contributed by atoms with E-state index in [1.54, 1.807) is 24.3 Å². The number of benzene rings is 1. The van der Waals surface area contributed by atoms with Gasteiger partial charge in [0.2, 0.25) is 5.91 Å². The molecular formula is C17H15BrN4O3S. The van der Waals surface area contributed by atoms with Crippen molar-refractivity contribution in [2.45, 2.75) is 12.1 Å². The molecule has 0 spiro atoms. The number of carbonyl (C=O) groups excluding carboxylic acids is 2. The second kappa shape index (κ2) is 7.88. The van der Waals surface area contributed by atoms with Crippen LogP contribution in [0.15, 0.2) is 40.0 Å². The average Bonchev–Trinajstić information content (AvgIpc) is 3.02. The maximum Gasteiger partial charge on any atom is 0.337 e. The van der Waals surface area contributed by atoms with E-state index < -0.39 is 5.97 Å². The summed E-state index contributed by atoms with van der Waals surface area (Å²) < 4.78 is 5.54. The summed E-state index contributed by atoms with van der Waals surface area (Å²) in [6, 6.07) is 8.41. The minimum Gasteiger partial charge on any atom is -0.465 e. The van der Waals surface area contributed by atoms with Gasteiger partial charge >= 0.3 is 5.97 Å². The summed E-state index contributed by atoms with van der Waals surface area (Å²) in [5.74, 6) is -0.399. The molecular weight excluding hydrogens is 420 g/mol. The highest BCUT2D eigenvalue weighted by atomic mass is 79.9. The van der Waals surface area contributed by atoms with Crippen molar-refractivity contribution in [1.29, 1.82) is 0 Å². The Morgan fingerprint density at radius 3 is 2.69 bits per heavy atom. The van der Waals surface area contributed by atoms with E-state index in [-0.39, 0.29) is 11.7 Å². The predicted molar refractivity (Wildman–Crippen MR) is 103 cm³/mol. The number of H-pyrrole nitrogens is 1. The molecule has 2 N–H and O–H groups in total. The third kappa shape index (κ3) is 4.23. The number of nitrogens with one attached hydrogen (secondary N) is 2. The van der Waals surface area contributed by atoms with Gasteiger partial charge in [-0.1, -0.05) is 11.8 Å². The Labute approximate surface area is 162 Å². The number of hydrogen-bond acceptors (Lipinski definition) is 6. The van der Waals surface area contributed by atoms with E-state index >= 15 is 0 Å². The number of anilines is 1. The molecule has 3 aromatic rings. The summed E-state index contributed by atoms with van der Waals surface area (Å²) in [6.45, 7) is 1.89. The van der Waals surface area contributed by atoms with Crippen LogP contribution in [0.1, 0.15) is 16.1 Å². The zero-order valence-corrected chi connectivity index (χ0v) is 16.4. The molecule has 0 saturated carbocycles. The Kier molecular flexibility index (Phi) is 5.58. The summed E-state index contributed by atoms with van der Waals surface area (Å²) in [5, 5.41) is 3.40. The number of halogens is 1. The van der Waals surface area contributed by atoms with Gasteiger partial charge in [0.05, 0.1) is 29.6 Å². The molecule has 7 nitrogen and oxygen atoms in total. The van der Waals surface area contributed by atoms with Crippen molar-refractivity contribution in [2.75, 3.05) is 18.2 Å². The average molecular weight is 435 g/mol. The molecule has 0 unspecified atom stereocenters. The summed E-state index contributed by atoms with van der Waals surface area (Å²) in [4.78, 5) is 35.4. The van der Waals surface area contributed by atoms with Gasteiger partial charge in [0.1, 0.15) is 0 Å². The van der Waals surface area contributed by atoms with Crippen LogP contribution >= 0.6 is 27.7 Å². The lowest BCUT2D eigenvalue weighted by molar-refractivity contribution is -0.113. The molecule has 0 fully saturated rings. The second-order valence-corrected chi connectivity index (χ2v) is 7.19. The van der Waals surface area contributed by atoms with Gasteiger partial charge in [0.15, 0.2) is 10.8 Å². The summed E-state index contributed by atoms with van der Waals surface area (Å²) in [5.41, 5.74) is 3.31. The Bertz CT molecular complexity index is 933. The zero-order chi connectivity index (χ0) is 18.7. The third-order valence-corrected chi connectivity index (χ3v) is 5.19. The number of nitrogens with zero attached hydrogens (tertiary/aromatic N) is 2. The van der Waals surface area contributed by atoms with E-state index in [2.05, 4.69) is 40.9 Å². The highest BCUT2D eigenvalue weighted by molar-refractivity contribution is 9.10. The molecule has 3 rings (SSSR count). The topological polar surface area (TPSA) is 97.0 Å². The molecule has 9 heteroatoms. The number of methoxy groups -OCH3 is 1. The van der Waals surface area contributed by atoms with Gasteiger partial charge in [-0.25, -0.2) is 14.8 Å². The van der Waals surface area contributed by atoms with Gasteiger partial charge in [-0.15, -0.1) is 0 Å². The number of esters is 1. The maximum atomic E-state index is 12.1. The van der Waals surface area contributed by atoms with E-state index in [9.17, 15) is 9.59 Å². The molecule has 0 aliphatic heterocycles. The summed E-state index contributed by atoms with van der Waals surface area (Å²) in [7, 11) is 1.32. The fourth-order valence-corrected chi connectivity index (χ4v) is 3.18. The zero-order valence-electron chi connectivity index (χ0n) is 14.0. The van der Waals surface area contributed by atoms with Crippen molar-refractivity contribution < 1.29 is 14.3 Å². The molecule has 134 valence electrons. The first-order valence-electron chi connectivity index (χ1n) is 7.60. The van der Waals surface area contributed by atoms with Crippen molar-refractivity contribution in [3.63, 3.8) is 0 Å². The number of aryl methyl sites for hydroxylation is 1. The molecule has 1 aromatic carbocycles. The van der Waals surface area contributed by atoms with Gasteiger partial charge in [0.25, 0.3) is 0 Å². The number of carbonyl (C=O) groups is 2. The molecule has 2 aromatic heterocycles. The monoisotopic (exact) mass is 434 g/mol. The van der Waals surface area contributed by atoms with Crippen molar-refractivity contribution in [2.24, 2.45) is 0 Å². The number of aromatic nitrogens is 3. The maximum absolute atomic E-state index is 12.1. The molecule has 26 heavy (non-hydrogen) atoms. The minimum atomic E-state index is -0.418. The number of aromatic amines is 1. The van der Waals surface area contributed by atoms with E-state index in [4.69, 9.17) is 0 Å². The SMILES string of the molecule is COC(=O)c1ccc(NC(=O)CSc2nc3nc(C)c(Br)cc3[nH]2)cc1. The van der Waals surface area contributed by atoms with Crippen LogP contribution in [0.5, 0.6) is 0 Å². The lowest BCUT2D eigenvalue weighted by atomic mass is 10.2. The van der Waals surface area contributed by atoms with Crippen LogP contribution in [0.2, 0.25) is 0 Å². The number of hydrogen-bond donors (Lipinski definition) is 2. The smallest absolute Gasteiger partial charge is 0.337 e. The minimum absolute atomic E-state index is 0.174. The van der Waals surface area contributed by atoms with E-state index in [1.807, 2.05) is 13.0 Å². The predicted octanol–water partition coefficient (Wildman–Crippen LogP) is 3.55. The van der Waals surface area contributed by atoms with Crippen LogP contribution in [0, 0.1) is 6.92 Å². The second-order valence-electron chi connectivity index (χ2n) is 5.37. The van der Waals surface area contributed by atoms with Crippen LogP contribution in [-0.4, -0.2) is 39.7 Å². The molecule has 0 bridgehead atoms. The molecule has 0 saturated heterocycles. The van der Waals surface area contributed by atoms with Gasteiger partial charge in [-0.2, -0.15) is 0 Å². The number of imidazole rings is 1. The molecule has 0 radical (unpaired) electrons. The summed E-state index contributed by atoms with van der Waals surface area (Å²) >= 11 is 4.72. The van der Waals surface area contributed by atoms with Crippen LogP contribution in [0.3, 0.4) is 0 Å². The third-order valence-electron chi connectivity index (χ3n) is 3.51. The Morgan fingerprint density at radius 1 is 1.27 bits per heavy atom. The van der Waals surface area contributed by atoms with Gasteiger partial charge < -0.3 is 15.0 Å². The van der Waals surface area contributed by atoms with Crippen LogP contribution in [-0.2, 0) is 9.53 Å². The number of thioether (sulfide) groups is 1. The Morgan fingerprint density at radius 2 is 2.00 bits per heavy atom. The first-order chi connectivity index (χ1) is 12.5. The van der Waals surface area contributed by atoms with Gasteiger partial charge in [0, 0.05) is 10.2 Å². The van der Waals surface area contributed by atoms with Crippen molar-refractivity contribution >= 4 is 56.4 Å². The van der Waals surface area contributed by atoms with Crippen molar-refractivity contribution in [3.8, 4) is 0 Å². The quantitative estimate of drug-likeness (QED) is 0.470. The van der Waals surface area contributed by atoms with Crippen molar-refractivity contribution in [3.05, 3.63) is 46.1 Å². The highest BCUT2D eigenvalue weighted by Crippen LogP contribution is 2.23. The fourth-order valence-electron chi connectivity index (χ4n) is 2.19. The molecule has 0 aliphatic rings. The molecule has 0 atom stereocenters. The highest BCUT2D eigenvalue weighted by Gasteiger charge is 2.10. The van der Waals surface area contributed by atoms with E-state index in [0.29, 0.717) is 22.1 Å². The van der Waals surface area contributed by atoms with E-state index in [0.717, 1.165) is 15.7 Å². The largest absolute Gasteiger partial charge is 0.465 e. The summed E-state index contributed by atoms with van der Waals surface area (Å²) in [6.07, 6.45) is 0. The van der Waals surface area contributed by atoms with Gasteiger partial charge in [-0.05, 0) is 53.2 Å². The van der Waals surface area contributed by atoms with Crippen molar-refractivity contribution in [1.82, 2.24) is 15.0 Å². The number of rotatable bonds is 5. The van der Waals surface area contributed by atoms with Crippen LogP contribution < -0.4 is 5.32 Å². The molecule has 1 amide bonds. The standard InChI is InChI=1S/C17H15BrN4O3S/c1-9-12(18)7-13-15(19-9)22-17(21-13)26-8-14(23)20-11-5-3-10(4-6-11)16(24)25-2/h3-7H,8H2,1-2H3,(H,20,23)(H,19,21,22). The normalized spacial score (nSPS) is 10.7. The number of fused-ring (bicyclic) bond motifs is 1. The lowest BCUT2D eigenvalue weighted by Gasteiger charge is -2.05. The Balaban J connectivity index is 1.59. The lowest BCUT2D eigenvalue weighted by Crippen LogP contribution is -2.14. The number of pyridine rings is 1. The first kappa shape index (κ1) is 18.4. The molecule has 0 aliphatic carbocycles. The molecule has 2 heterocycles. The Hall–Kier alpha value is -2.39. The van der Waals surface area contributed by atoms with Crippen LogP contribution in [0.4, 0.5) is 5.69 Å². The number of ether oxygens (including phenoxy) is 1. The van der Waals surface area contributed by atoms with Crippen LogP contribution in [0.25, 0.3) is 11.2 Å². The number of amides is 1. The first-order valence-corrected chi connectivity index (χ1v) is 9.38. The fraction of sp³-hybridized carbons (Fsp3) is 0.176. The van der Waals surface area contributed by atoms with E-state index in [1.165, 1.54) is 18.9 Å².